The number of piperidine rings is 1. The minimum atomic E-state index is -0.953. The zero-order chi connectivity index (χ0) is 38.3. The predicted octanol–water partition coefficient (Wildman–Crippen LogP) is 4.85. The number of aryl methyl sites for hydroxylation is 1. The van der Waals surface area contributed by atoms with Gasteiger partial charge in [0, 0.05) is 55.4 Å². The molecule has 2 fully saturated rings. The molecule has 1 saturated carbocycles. The number of rotatable bonds is 18. The van der Waals surface area contributed by atoms with Crippen LogP contribution >= 0.6 is 22.7 Å². The first kappa shape index (κ1) is 41.3. The molecule has 1 saturated heterocycles. The van der Waals surface area contributed by atoms with Gasteiger partial charge >= 0.3 is 11.9 Å². The number of likely N-dealkylation sites (tertiary alicyclic amines) is 1. The predicted molar refractivity (Wildman–Crippen MR) is 200 cm³/mol. The highest BCUT2D eigenvalue weighted by molar-refractivity contribution is 7.10. The Morgan fingerprint density at radius 3 is 2.31 bits per heavy atom. The summed E-state index contributed by atoms with van der Waals surface area (Å²) < 4.78 is 5.79. The average molecular weight is 761 g/mol. The largest absolute Gasteiger partial charge is 0.481 e. The van der Waals surface area contributed by atoms with E-state index in [1.54, 1.807) is 24.3 Å². The lowest BCUT2D eigenvalue weighted by atomic mass is 9.91. The number of thiazole rings is 2. The fourth-order valence-corrected chi connectivity index (χ4v) is 8.77. The molecule has 3 heterocycles. The quantitative estimate of drug-likeness (QED) is 0.179. The van der Waals surface area contributed by atoms with Gasteiger partial charge in [-0.3, -0.25) is 28.9 Å². The Kier molecular flexibility index (Phi) is 14.7. The number of amides is 3. The first-order chi connectivity index (χ1) is 24.5. The van der Waals surface area contributed by atoms with Gasteiger partial charge in [-0.1, -0.05) is 34.1 Å². The summed E-state index contributed by atoms with van der Waals surface area (Å²) >= 11 is 2.64. The second kappa shape index (κ2) is 18.6. The van der Waals surface area contributed by atoms with Gasteiger partial charge < -0.3 is 25.4 Å². The van der Waals surface area contributed by atoms with Crippen LogP contribution in [-0.2, 0) is 30.3 Å². The van der Waals surface area contributed by atoms with Gasteiger partial charge in [0.1, 0.15) is 16.7 Å². The summed E-state index contributed by atoms with van der Waals surface area (Å²) in [4.78, 5) is 78.2. The molecule has 2 aromatic heterocycles. The standard InChI is InChI=1S/C37H56N6O7S2/c1-20(2)29(43(8)36(47)32(23(5)25-12-13-25)41-34(46)28-11-9-10-14-42(28)7)17-30(50-24(6)44)35-40-27(19-52-35)33(45)39-26(15-21(3)37(48)49)16-31-38-22(4)18-51-31/h18-21,23,25-26,28-30,32H,9-17H2,1-8H3,(H,39,45)(H,41,46)(H,48,49)/t21-,23-,26+,28+,29+,30+,32-/m0/s1. The number of hydrogen-bond acceptors (Lipinski definition) is 11. The van der Waals surface area contributed by atoms with Gasteiger partial charge in [0.2, 0.25) is 11.8 Å². The number of carboxylic acids is 1. The third kappa shape index (κ3) is 11.3. The van der Waals surface area contributed by atoms with E-state index in [9.17, 15) is 29.1 Å². The summed E-state index contributed by atoms with van der Waals surface area (Å²) in [5, 5.41) is 20.3. The lowest BCUT2D eigenvalue weighted by Crippen LogP contribution is -2.58. The fourth-order valence-electron chi connectivity index (χ4n) is 7.07. The molecule has 0 bridgehead atoms. The maximum Gasteiger partial charge on any atom is 0.306 e. The third-order valence-electron chi connectivity index (χ3n) is 10.4. The molecule has 0 radical (unpaired) electrons. The number of hydrogen-bond donors (Lipinski definition) is 3. The maximum absolute atomic E-state index is 14.3. The molecule has 3 N–H and O–H groups in total. The molecular formula is C37H56N6O7S2. The van der Waals surface area contributed by atoms with Crippen molar-refractivity contribution in [2.24, 2.45) is 23.7 Å². The Labute approximate surface area is 315 Å². The van der Waals surface area contributed by atoms with Crippen molar-refractivity contribution >= 4 is 52.3 Å². The minimum Gasteiger partial charge on any atom is -0.481 e. The first-order valence-corrected chi connectivity index (χ1v) is 20.2. The summed E-state index contributed by atoms with van der Waals surface area (Å²) in [5.74, 6) is -2.63. The number of aliphatic carboxylic acids is 1. The lowest BCUT2D eigenvalue weighted by Gasteiger charge is -2.38. The van der Waals surface area contributed by atoms with E-state index in [-0.39, 0.29) is 54.3 Å². The maximum atomic E-state index is 14.3. The second-order valence-electron chi connectivity index (χ2n) is 15.1. The lowest BCUT2D eigenvalue weighted by molar-refractivity contribution is -0.149. The molecule has 4 rings (SSSR count). The molecule has 3 amide bonds. The average Bonchev–Trinajstić information content (AvgIpc) is 3.67. The van der Waals surface area contributed by atoms with E-state index in [0.717, 1.165) is 49.4 Å². The number of aromatic nitrogens is 2. The number of carboxylic acid groups (broad SMARTS) is 1. The first-order valence-electron chi connectivity index (χ1n) is 18.4. The fraction of sp³-hybridized carbons (Fsp3) is 0.703. The third-order valence-corrected chi connectivity index (χ3v) is 12.3. The molecule has 1 aliphatic carbocycles. The van der Waals surface area contributed by atoms with E-state index in [2.05, 4.69) is 25.5 Å². The van der Waals surface area contributed by atoms with Crippen LogP contribution in [0.5, 0.6) is 0 Å². The zero-order valence-electron chi connectivity index (χ0n) is 31.7. The van der Waals surface area contributed by atoms with Gasteiger partial charge in [0.25, 0.3) is 5.91 Å². The number of nitrogens with zero attached hydrogens (tertiary/aromatic N) is 4. The van der Waals surface area contributed by atoms with Gasteiger partial charge in [-0.2, -0.15) is 0 Å². The highest BCUT2D eigenvalue weighted by atomic mass is 32.1. The summed E-state index contributed by atoms with van der Waals surface area (Å²) in [7, 11) is 3.70. The smallest absolute Gasteiger partial charge is 0.306 e. The molecule has 0 aromatic carbocycles. The van der Waals surface area contributed by atoms with Crippen molar-refractivity contribution in [2.45, 2.75) is 123 Å². The van der Waals surface area contributed by atoms with Crippen LogP contribution in [0.1, 0.15) is 112 Å². The van der Waals surface area contributed by atoms with E-state index in [0.29, 0.717) is 17.3 Å². The normalized spacial score (nSPS) is 19.9. The Hall–Kier alpha value is -3.43. The number of carbonyl (C=O) groups is 5. The highest BCUT2D eigenvalue weighted by Gasteiger charge is 2.42. The molecule has 0 spiro atoms. The summed E-state index contributed by atoms with van der Waals surface area (Å²) in [5.41, 5.74) is 0.980. The van der Waals surface area contributed by atoms with E-state index in [1.165, 1.54) is 29.6 Å². The number of esters is 1. The molecule has 7 atom stereocenters. The monoisotopic (exact) mass is 760 g/mol. The van der Waals surface area contributed by atoms with Crippen molar-refractivity contribution in [3.05, 3.63) is 32.2 Å². The van der Waals surface area contributed by atoms with Crippen molar-refractivity contribution in [3.63, 3.8) is 0 Å². The molecule has 1 aliphatic heterocycles. The van der Waals surface area contributed by atoms with Gasteiger partial charge in [0.05, 0.1) is 17.0 Å². The van der Waals surface area contributed by atoms with Gasteiger partial charge in [-0.25, -0.2) is 9.97 Å². The number of carbonyl (C=O) groups excluding carboxylic acids is 4. The van der Waals surface area contributed by atoms with Crippen LogP contribution in [0.3, 0.4) is 0 Å². The van der Waals surface area contributed by atoms with Crippen LogP contribution in [0.15, 0.2) is 10.8 Å². The van der Waals surface area contributed by atoms with Gasteiger partial charge in [-0.15, -0.1) is 22.7 Å². The summed E-state index contributed by atoms with van der Waals surface area (Å²) in [6.07, 6.45) is 4.83. The van der Waals surface area contributed by atoms with E-state index in [1.807, 2.05) is 40.1 Å². The summed E-state index contributed by atoms with van der Waals surface area (Å²) in [6.45, 7) is 11.7. The number of likely N-dealkylation sites (N-methyl/N-ethyl adjacent to an activating group) is 2. The Balaban J connectivity index is 1.51. The van der Waals surface area contributed by atoms with E-state index >= 15 is 0 Å². The van der Waals surface area contributed by atoms with Crippen molar-refractivity contribution < 1.29 is 33.8 Å². The van der Waals surface area contributed by atoms with Crippen molar-refractivity contribution in [1.82, 2.24) is 30.4 Å². The van der Waals surface area contributed by atoms with Crippen LogP contribution < -0.4 is 10.6 Å². The van der Waals surface area contributed by atoms with Crippen LogP contribution in [0, 0.1) is 30.6 Å². The number of nitrogens with one attached hydrogen (secondary N) is 2. The highest BCUT2D eigenvalue weighted by Crippen LogP contribution is 2.39. The molecule has 15 heteroatoms. The van der Waals surface area contributed by atoms with Gasteiger partial charge in [0.15, 0.2) is 6.10 Å². The molecular weight excluding hydrogens is 705 g/mol. The van der Waals surface area contributed by atoms with Crippen LogP contribution in [0.2, 0.25) is 0 Å². The molecule has 288 valence electrons. The minimum absolute atomic E-state index is 0.0353. The molecule has 2 aromatic rings. The van der Waals surface area contributed by atoms with Crippen molar-refractivity contribution in [2.75, 3.05) is 20.6 Å². The Bertz CT molecular complexity index is 1560. The molecule has 13 nitrogen and oxygen atoms in total. The van der Waals surface area contributed by atoms with Crippen LogP contribution in [-0.4, -0.2) is 99.3 Å². The second-order valence-corrected chi connectivity index (χ2v) is 16.9. The molecule has 52 heavy (non-hydrogen) atoms. The SMILES string of the molecule is CC(=O)O[C@H](C[C@H](C(C)C)N(C)C(=O)[C@@H](NC(=O)[C@H]1CCCCN1C)[C@@H](C)C1CC1)c1nc(C(=O)N[C@@H](Cc2nc(C)cs2)C[C@H](C)C(=O)O)cs1. The summed E-state index contributed by atoms with van der Waals surface area (Å²) in [6, 6.07) is -1.83. The Morgan fingerprint density at radius 1 is 1.02 bits per heavy atom. The van der Waals surface area contributed by atoms with Crippen molar-refractivity contribution in [1.29, 1.82) is 0 Å². The van der Waals surface area contributed by atoms with E-state index in [4.69, 9.17) is 4.74 Å². The van der Waals surface area contributed by atoms with Crippen LogP contribution in [0.4, 0.5) is 0 Å². The molecule has 2 aliphatic rings. The zero-order valence-corrected chi connectivity index (χ0v) is 33.3. The van der Waals surface area contributed by atoms with Crippen molar-refractivity contribution in [3.8, 4) is 0 Å². The topological polar surface area (TPSA) is 171 Å². The number of ether oxygens (including phenoxy) is 1. The Morgan fingerprint density at radius 2 is 1.73 bits per heavy atom. The molecule has 0 unspecified atom stereocenters. The van der Waals surface area contributed by atoms with E-state index < -0.39 is 42.0 Å². The van der Waals surface area contributed by atoms with Gasteiger partial charge in [-0.05, 0) is 70.4 Å². The van der Waals surface area contributed by atoms with Crippen LogP contribution in [0.25, 0.3) is 0 Å².